The van der Waals surface area contributed by atoms with Gasteiger partial charge in [0.15, 0.2) is 15.8 Å². The highest BCUT2D eigenvalue weighted by Gasteiger charge is 2.28. The first-order chi connectivity index (χ1) is 11.1. The van der Waals surface area contributed by atoms with E-state index in [1.54, 1.807) is 0 Å². The van der Waals surface area contributed by atoms with Crippen molar-refractivity contribution in [2.45, 2.75) is 25.9 Å². The second kappa shape index (κ2) is 6.62. The molecule has 3 rings (SSSR count). The summed E-state index contributed by atoms with van der Waals surface area (Å²) >= 11 is 0. The maximum Gasteiger partial charge on any atom is 0.191 e. The molecule has 0 amide bonds. The SMILES string of the molecule is CCNC(=NCc1cc2ccccc2[nH]1)NC1CCS(=O)(=O)C1. The first kappa shape index (κ1) is 15.9. The minimum atomic E-state index is -2.89. The van der Waals surface area contributed by atoms with Gasteiger partial charge in [-0.1, -0.05) is 18.2 Å². The summed E-state index contributed by atoms with van der Waals surface area (Å²) in [7, 11) is -2.89. The van der Waals surface area contributed by atoms with Gasteiger partial charge in [0.2, 0.25) is 0 Å². The molecule has 1 aliphatic heterocycles. The van der Waals surface area contributed by atoms with E-state index >= 15 is 0 Å². The fourth-order valence-electron chi connectivity index (χ4n) is 2.81. The zero-order valence-electron chi connectivity index (χ0n) is 13.2. The Morgan fingerprint density at radius 2 is 2.22 bits per heavy atom. The van der Waals surface area contributed by atoms with Crippen LogP contribution >= 0.6 is 0 Å². The molecule has 0 saturated carbocycles. The lowest BCUT2D eigenvalue weighted by Gasteiger charge is -2.15. The smallest absolute Gasteiger partial charge is 0.191 e. The van der Waals surface area contributed by atoms with E-state index < -0.39 is 9.84 Å². The molecular weight excluding hydrogens is 312 g/mol. The molecule has 0 spiro atoms. The van der Waals surface area contributed by atoms with Gasteiger partial charge in [-0.15, -0.1) is 0 Å². The zero-order valence-corrected chi connectivity index (χ0v) is 14.0. The molecule has 1 aromatic carbocycles. The number of fused-ring (bicyclic) bond motifs is 1. The Balaban J connectivity index is 1.68. The monoisotopic (exact) mass is 334 g/mol. The molecule has 1 unspecified atom stereocenters. The number of rotatable bonds is 4. The van der Waals surface area contributed by atoms with Crippen LogP contribution in [0, 0.1) is 0 Å². The second-order valence-corrected chi connectivity index (χ2v) is 8.05. The minimum absolute atomic E-state index is 0.0551. The third-order valence-corrected chi connectivity index (χ3v) is 5.68. The van der Waals surface area contributed by atoms with E-state index in [4.69, 9.17) is 0 Å². The number of aliphatic imine (C=N–C) groups is 1. The third kappa shape index (κ3) is 4.04. The number of H-pyrrole nitrogens is 1. The molecule has 23 heavy (non-hydrogen) atoms. The lowest BCUT2D eigenvalue weighted by atomic mass is 10.2. The van der Waals surface area contributed by atoms with E-state index in [2.05, 4.69) is 32.7 Å². The molecule has 2 heterocycles. The van der Waals surface area contributed by atoms with Gasteiger partial charge in [-0.3, -0.25) is 0 Å². The average Bonchev–Trinajstić information content (AvgIpc) is 3.07. The lowest BCUT2D eigenvalue weighted by molar-refractivity contribution is 0.599. The van der Waals surface area contributed by atoms with Crippen LogP contribution in [0.4, 0.5) is 0 Å². The Labute approximate surface area is 136 Å². The van der Waals surface area contributed by atoms with Crippen molar-refractivity contribution in [3.8, 4) is 0 Å². The summed E-state index contributed by atoms with van der Waals surface area (Å²) in [5, 5.41) is 7.56. The molecule has 6 nitrogen and oxygen atoms in total. The number of hydrogen-bond acceptors (Lipinski definition) is 3. The molecule has 3 N–H and O–H groups in total. The van der Waals surface area contributed by atoms with Crippen LogP contribution in [-0.2, 0) is 16.4 Å². The topological polar surface area (TPSA) is 86.3 Å². The van der Waals surface area contributed by atoms with Crippen LogP contribution in [0.1, 0.15) is 19.0 Å². The van der Waals surface area contributed by atoms with E-state index in [0.717, 1.165) is 23.1 Å². The van der Waals surface area contributed by atoms with Crippen molar-refractivity contribution in [3.63, 3.8) is 0 Å². The van der Waals surface area contributed by atoms with Crippen molar-refractivity contribution in [1.29, 1.82) is 0 Å². The molecule has 1 aromatic heterocycles. The van der Waals surface area contributed by atoms with Crippen LogP contribution in [0.3, 0.4) is 0 Å². The first-order valence-electron chi connectivity index (χ1n) is 7.87. The van der Waals surface area contributed by atoms with Crippen molar-refractivity contribution in [1.82, 2.24) is 15.6 Å². The molecule has 0 radical (unpaired) electrons. The maximum absolute atomic E-state index is 11.6. The van der Waals surface area contributed by atoms with Crippen LogP contribution in [-0.4, -0.2) is 43.5 Å². The summed E-state index contributed by atoms with van der Waals surface area (Å²) in [6, 6.07) is 10.1. The van der Waals surface area contributed by atoms with Crippen LogP contribution in [0.5, 0.6) is 0 Å². The van der Waals surface area contributed by atoms with Crippen LogP contribution in [0.2, 0.25) is 0 Å². The lowest BCUT2D eigenvalue weighted by Crippen LogP contribution is -2.44. The highest BCUT2D eigenvalue weighted by atomic mass is 32.2. The van der Waals surface area contributed by atoms with E-state index in [1.807, 2.05) is 25.1 Å². The molecule has 1 saturated heterocycles. The summed E-state index contributed by atoms with van der Waals surface area (Å²) in [5.74, 6) is 1.10. The first-order valence-corrected chi connectivity index (χ1v) is 9.70. The van der Waals surface area contributed by atoms with E-state index in [-0.39, 0.29) is 17.5 Å². The summed E-state index contributed by atoms with van der Waals surface area (Å²) < 4.78 is 23.1. The largest absolute Gasteiger partial charge is 0.357 e. The predicted octanol–water partition coefficient (Wildman–Crippen LogP) is 1.41. The normalized spacial score (nSPS) is 20.7. The predicted molar refractivity (Wildman–Crippen MR) is 93.3 cm³/mol. The van der Waals surface area contributed by atoms with E-state index in [1.165, 1.54) is 0 Å². The number of nitrogens with one attached hydrogen (secondary N) is 3. The number of sulfone groups is 1. The summed E-state index contributed by atoms with van der Waals surface area (Å²) in [4.78, 5) is 7.90. The van der Waals surface area contributed by atoms with Gasteiger partial charge in [-0.05, 0) is 30.9 Å². The van der Waals surface area contributed by atoms with Crippen molar-refractivity contribution in [3.05, 3.63) is 36.0 Å². The molecule has 2 aromatic rings. The zero-order chi connectivity index (χ0) is 16.3. The number of benzene rings is 1. The van der Waals surface area contributed by atoms with Crippen LogP contribution in [0.25, 0.3) is 10.9 Å². The Morgan fingerprint density at radius 1 is 1.39 bits per heavy atom. The molecule has 1 atom stereocenters. The molecule has 0 aliphatic carbocycles. The number of aromatic amines is 1. The second-order valence-electron chi connectivity index (χ2n) is 5.82. The van der Waals surface area contributed by atoms with Crippen molar-refractivity contribution >= 4 is 26.7 Å². The van der Waals surface area contributed by atoms with Crippen molar-refractivity contribution < 1.29 is 8.42 Å². The number of guanidine groups is 1. The van der Waals surface area contributed by atoms with Gasteiger partial charge >= 0.3 is 0 Å². The van der Waals surface area contributed by atoms with Gasteiger partial charge in [0.25, 0.3) is 0 Å². The standard InChI is InChI=1S/C16H22N4O2S/c1-2-17-16(20-13-7-8-23(21,22)11-13)18-10-14-9-12-5-3-4-6-15(12)19-14/h3-6,9,13,19H,2,7-8,10-11H2,1H3,(H2,17,18,20). The number of nitrogens with zero attached hydrogens (tertiary/aromatic N) is 1. The fraction of sp³-hybridized carbons (Fsp3) is 0.438. The van der Waals surface area contributed by atoms with Gasteiger partial charge in [0, 0.05) is 23.8 Å². The molecule has 7 heteroatoms. The highest BCUT2D eigenvalue weighted by Crippen LogP contribution is 2.15. The van der Waals surface area contributed by atoms with Gasteiger partial charge in [-0.25, -0.2) is 13.4 Å². The van der Waals surface area contributed by atoms with Crippen molar-refractivity contribution in [2.75, 3.05) is 18.1 Å². The Morgan fingerprint density at radius 3 is 2.91 bits per heavy atom. The number of aromatic nitrogens is 1. The Kier molecular flexibility index (Phi) is 4.56. The average molecular weight is 334 g/mol. The molecule has 1 fully saturated rings. The van der Waals surface area contributed by atoms with Crippen molar-refractivity contribution in [2.24, 2.45) is 4.99 Å². The molecule has 1 aliphatic rings. The third-order valence-electron chi connectivity index (χ3n) is 3.91. The number of para-hydroxylation sites is 1. The molecule has 124 valence electrons. The van der Waals surface area contributed by atoms with Gasteiger partial charge < -0.3 is 15.6 Å². The Bertz CT molecular complexity index is 777. The highest BCUT2D eigenvalue weighted by molar-refractivity contribution is 7.91. The fourth-order valence-corrected chi connectivity index (χ4v) is 4.48. The maximum atomic E-state index is 11.6. The van der Waals surface area contributed by atoms with Gasteiger partial charge in [-0.2, -0.15) is 0 Å². The number of hydrogen-bond donors (Lipinski definition) is 3. The van der Waals surface area contributed by atoms with Crippen LogP contribution in [0.15, 0.2) is 35.3 Å². The Hall–Kier alpha value is -2.02. The quantitative estimate of drug-likeness (QED) is 0.583. The summed E-state index contributed by atoms with van der Waals surface area (Å²) in [6.45, 7) is 3.24. The van der Waals surface area contributed by atoms with E-state index in [0.29, 0.717) is 18.9 Å². The minimum Gasteiger partial charge on any atom is -0.357 e. The summed E-state index contributed by atoms with van der Waals surface area (Å²) in [6.07, 6.45) is 0.638. The van der Waals surface area contributed by atoms with Crippen LogP contribution < -0.4 is 10.6 Å². The van der Waals surface area contributed by atoms with E-state index in [9.17, 15) is 8.42 Å². The van der Waals surface area contributed by atoms with Gasteiger partial charge in [0.1, 0.15) is 0 Å². The summed E-state index contributed by atoms with van der Waals surface area (Å²) in [5.41, 5.74) is 2.12. The van der Waals surface area contributed by atoms with Gasteiger partial charge in [0.05, 0.1) is 18.1 Å². The molecule has 0 bridgehead atoms. The molecular formula is C16H22N4O2S.